The van der Waals surface area contributed by atoms with E-state index in [1.807, 2.05) is 6.92 Å². The summed E-state index contributed by atoms with van der Waals surface area (Å²) in [5.74, 6) is 0.888. The average molecular weight is 216 g/mol. The SMILES string of the molecule is COc1cc([SH](=O)=O)c(OC)cc1C. The molecule has 0 heterocycles. The largest absolute Gasteiger partial charge is 0.496 e. The first-order valence-electron chi connectivity index (χ1n) is 3.97. The normalized spacial score (nSPS) is 10.3. The van der Waals surface area contributed by atoms with Gasteiger partial charge in [-0.1, -0.05) is 0 Å². The third kappa shape index (κ3) is 1.98. The van der Waals surface area contributed by atoms with Gasteiger partial charge in [-0.2, -0.15) is 0 Å². The highest BCUT2D eigenvalue weighted by atomic mass is 32.2. The molecule has 0 amide bonds. The summed E-state index contributed by atoms with van der Waals surface area (Å²) in [6, 6.07) is 3.10. The summed E-state index contributed by atoms with van der Waals surface area (Å²) < 4.78 is 31.7. The zero-order valence-electron chi connectivity index (χ0n) is 8.23. The monoisotopic (exact) mass is 216 g/mol. The Balaban J connectivity index is 3.39. The van der Waals surface area contributed by atoms with Crippen molar-refractivity contribution in [2.45, 2.75) is 11.8 Å². The van der Waals surface area contributed by atoms with Crippen molar-refractivity contribution in [3.05, 3.63) is 17.7 Å². The predicted octanol–water partition coefficient (Wildman–Crippen LogP) is 0.983. The smallest absolute Gasteiger partial charge is 0.172 e. The van der Waals surface area contributed by atoms with Gasteiger partial charge in [0.2, 0.25) is 0 Å². The van der Waals surface area contributed by atoms with Crippen molar-refractivity contribution in [2.75, 3.05) is 14.2 Å². The number of aryl methyl sites for hydroxylation is 1. The summed E-state index contributed by atoms with van der Waals surface area (Å²) in [7, 11) is 0.269. The van der Waals surface area contributed by atoms with Gasteiger partial charge in [0.05, 0.1) is 14.2 Å². The third-order valence-corrected chi connectivity index (χ3v) is 2.64. The van der Waals surface area contributed by atoms with Crippen molar-refractivity contribution < 1.29 is 17.9 Å². The van der Waals surface area contributed by atoms with E-state index in [1.165, 1.54) is 20.3 Å². The Morgan fingerprint density at radius 3 is 2.07 bits per heavy atom. The lowest BCUT2D eigenvalue weighted by molar-refractivity contribution is 0.390. The number of ether oxygens (including phenoxy) is 2. The number of hydrogen-bond acceptors (Lipinski definition) is 4. The van der Waals surface area contributed by atoms with Crippen molar-refractivity contribution in [1.29, 1.82) is 0 Å². The maximum atomic E-state index is 10.9. The maximum absolute atomic E-state index is 10.9. The van der Waals surface area contributed by atoms with Crippen LogP contribution in [0.1, 0.15) is 5.56 Å². The highest BCUT2D eigenvalue weighted by molar-refractivity contribution is 7.72. The van der Waals surface area contributed by atoms with E-state index in [2.05, 4.69) is 0 Å². The Hall–Kier alpha value is -1.23. The van der Waals surface area contributed by atoms with Crippen LogP contribution in [0, 0.1) is 6.92 Å². The van der Waals surface area contributed by atoms with E-state index in [4.69, 9.17) is 9.47 Å². The van der Waals surface area contributed by atoms with Crippen LogP contribution in [0.15, 0.2) is 17.0 Å². The van der Waals surface area contributed by atoms with Crippen LogP contribution in [-0.4, -0.2) is 22.6 Å². The van der Waals surface area contributed by atoms with Crippen LogP contribution in [0.5, 0.6) is 11.5 Å². The van der Waals surface area contributed by atoms with Crippen molar-refractivity contribution in [3.8, 4) is 11.5 Å². The Kier molecular flexibility index (Phi) is 3.35. The van der Waals surface area contributed by atoms with E-state index in [9.17, 15) is 8.42 Å². The van der Waals surface area contributed by atoms with Crippen molar-refractivity contribution in [2.24, 2.45) is 0 Å². The molecule has 0 N–H and O–H groups in total. The van der Waals surface area contributed by atoms with Crippen LogP contribution in [-0.2, 0) is 10.7 Å². The molecule has 0 saturated carbocycles. The zero-order valence-corrected chi connectivity index (χ0v) is 9.13. The van der Waals surface area contributed by atoms with E-state index in [-0.39, 0.29) is 4.90 Å². The van der Waals surface area contributed by atoms with Crippen LogP contribution >= 0.6 is 0 Å². The molecule has 0 unspecified atom stereocenters. The zero-order chi connectivity index (χ0) is 10.7. The lowest BCUT2D eigenvalue weighted by Crippen LogP contribution is -1.94. The predicted molar refractivity (Wildman–Crippen MR) is 52.9 cm³/mol. The second kappa shape index (κ2) is 4.32. The lowest BCUT2D eigenvalue weighted by Gasteiger charge is -2.08. The minimum atomic E-state index is -2.66. The van der Waals surface area contributed by atoms with Gasteiger partial charge in [-0.05, 0) is 18.6 Å². The summed E-state index contributed by atoms with van der Waals surface area (Å²) in [6.07, 6.45) is 0. The fourth-order valence-corrected chi connectivity index (χ4v) is 1.74. The second-order valence-corrected chi connectivity index (χ2v) is 3.75. The first-order chi connectivity index (χ1) is 6.60. The molecule has 0 aliphatic rings. The van der Waals surface area contributed by atoms with Crippen LogP contribution in [0.3, 0.4) is 0 Å². The molecule has 0 fully saturated rings. The summed E-state index contributed by atoms with van der Waals surface area (Å²) in [6.45, 7) is 1.82. The number of thiol groups is 1. The molecule has 0 aliphatic carbocycles. The van der Waals surface area contributed by atoms with Crippen molar-refractivity contribution >= 4 is 10.7 Å². The van der Waals surface area contributed by atoms with E-state index < -0.39 is 10.7 Å². The van der Waals surface area contributed by atoms with Gasteiger partial charge in [-0.15, -0.1) is 0 Å². The Labute approximate surface area is 84.4 Å². The topological polar surface area (TPSA) is 52.6 Å². The highest BCUT2D eigenvalue weighted by Crippen LogP contribution is 2.28. The summed E-state index contributed by atoms with van der Waals surface area (Å²) >= 11 is 0. The summed E-state index contributed by atoms with van der Waals surface area (Å²) in [4.78, 5) is 0.143. The molecule has 0 aromatic heterocycles. The van der Waals surface area contributed by atoms with E-state index in [0.29, 0.717) is 11.5 Å². The quantitative estimate of drug-likeness (QED) is 0.765. The molecule has 1 rings (SSSR count). The lowest BCUT2D eigenvalue weighted by atomic mass is 10.2. The van der Waals surface area contributed by atoms with Crippen LogP contribution in [0.4, 0.5) is 0 Å². The van der Waals surface area contributed by atoms with Gasteiger partial charge in [-0.3, -0.25) is 0 Å². The molecular formula is C9H12O4S. The molecule has 1 aromatic rings. The summed E-state index contributed by atoms with van der Waals surface area (Å²) in [5.41, 5.74) is 0.838. The third-order valence-electron chi connectivity index (χ3n) is 1.89. The first-order valence-corrected chi connectivity index (χ1v) is 5.15. The number of rotatable bonds is 3. The minimum absolute atomic E-state index is 0.143. The molecule has 0 bridgehead atoms. The standard InChI is InChI=1S/C9H12O4S/c1-6-4-8(13-3)9(14(10)11)5-7(6)12-2/h4-5,14H,1-3H3. The van der Waals surface area contributed by atoms with Gasteiger partial charge >= 0.3 is 0 Å². The minimum Gasteiger partial charge on any atom is -0.496 e. The van der Waals surface area contributed by atoms with Crippen LogP contribution in [0.25, 0.3) is 0 Å². The molecule has 78 valence electrons. The molecule has 14 heavy (non-hydrogen) atoms. The molecule has 4 nitrogen and oxygen atoms in total. The van der Waals surface area contributed by atoms with Gasteiger partial charge < -0.3 is 9.47 Å². The fraction of sp³-hybridized carbons (Fsp3) is 0.333. The number of benzene rings is 1. The number of methoxy groups -OCH3 is 2. The van der Waals surface area contributed by atoms with Gasteiger partial charge in [0.1, 0.15) is 16.4 Å². The fourth-order valence-electron chi connectivity index (χ4n) is 1.18. The van der Waals surface area contributed by atoms with Crippen molar-refractivity contribution in [3.63, 3.8) is 0 Å². The highest BCUT2D eigenvalue weighted by Gasteiger charge is 2.09. The van der Waals surface area contributed by atoms with Gasteiger partial charge in [0.25, 0.3) is 0 Å². The molecule has 0 radical (unpaired) electrons. The van der Waals surface area contributed by atoms with E-state index in [0.717, 1.165) is 5.56 Å². The Morgan fingerprint density at radius 1 is 1.07 bits per heavy atom. The molecule has 5 heteroatoms. The van der Waals surface area contributed by atoms with Crippen LogP contribution < -0.4 is 9.47 Å². The molecule has 1 aromatic carbocycles. The first kappa shape index (κ1) is 10.8. The van der Waals surface area contributed by atoms with E-state index >= 15 is 0 Å². The second-order valence-electron chi connectivity index (χ2n) is 2.75. The average Bonchev–Trinajstić information content (AvgIpc) is 2.16. The summed E-state index contributed by atoms with van der Waals surface area (Å²) in [5, 5.41) is 0. The van der Waals surface area contributed by atoms with Crippen LogP contribution in [0.2, 0.25) is 0 Å². The van der Waals surface area contributed by atoms with Gasteiger partial charge in [0, 0.05) is 6.07 Å². The van der Waals surface area contributed by atoms with Crippen molar-refractivity contribution in [1.82, 2.24) is 0 Å². The molecule has 0 saturated heterocycles. The van der Waals surface area contributed by atoms with Gasteiger partial charge in [0.15, 0.2) is 10.7 Å². The molecule has 0 aliphatic heterocycles. The number of hydrogen-bond donors (Lipinski definition) is 1. The molecular weight excluding hydrogens is 204 g/mol. The maximum Gasteiger partial charge on any atom is 0.172 e. The Bertz CT molecular complexity index is 402. The van der Waals surface area contributed by atoms with E-state index in [1.54, 1.807) is 6.07 Å². The van der Waals surface area contributed by atoms with Gasteiger partial charge in [-0.25, -0.2) is 8.42 Å². The molecule has 0 atom stereocenters. The molecule has 0 spiro atoms. The Morgan fingerprint density at radius 2 is 1.64 bits per heavy atom.